The van der Waals surface area contributed by atoms with E-state index in [1.807, 2.05) is 37.4 Å². The molecule has 4 nitrogen and oxygen atoms in total. The van der Waals surface area contributed by atoms with Crippen molar-refractivity contribution >= 4 is 22.5 Å². The lowest BCUT2D eigenvalue weighted by Crippen LogP contribution is -2.12. The third-order valence-corrected chi connectivity index (χ3v) is 3.43. The van der Waals surface area contributed by atoms with Gasteiger partial charge in [0, 0.05) is 28.4 Å². The lowest BCUT2D eigenvalue weighted by Gasteiger charge is -2.09. The number of nitrogens with one attached hydrogen (secondary N) is 2. The van der Waals surface area contributed by atoms with Crippen molar-refractivity contribution < 1.29 is 4.79 Å². The summed E-state index contributed by atoms with van der Waals surface area (Å²) in [5, 5.41) is 12.8. The molecule has 1 aromatic heterocycles. The number of H-pyrrole nitrogens is 1. The fourth-order valence-electron chi connectivity index (χ4n) is 2.22. The average molecular weight is 275 g/mol. The fourth-order valence-corrected chi connectivity index (χ4v) is 2.22. The summed E-state index contributed by atoms with van der Waals surface area (Å²) in [6, 6.07) is 14.7. The van der Waals surface area contributed by atoms with Gasteiger partial charge in [-0.15, -0.1) is 0 Å². The van der Waals surface area contributed by atoms with Gasteiger partial charge in [-0.05, 0) is 48.9 Å². The highest BCUT2D eigenvalue weighted by Gasteiger charge is 2.09. The van der Waals surface area contributed by atoms with E-state index in [1.165, 1.54) is 0 Å². The van der Waals surface area contributed by atoms with Gasteiger partial charge in [-0.1, -0.05) is 6.07 Å². The minimum atomic E-state index is -0.184. The third-order valence-electron chi connectivity index (χ3n) is 3.43. The minimum absolute atomic E-state index is 0.184. The van der Waals surface area contributed by atoms with Crippen LogP contribution in [0.2, 0.25) is 0 Å². The minimum Gasteiger partial charge on any atom is -0.361 e. The van der Waals surface area contributed by atoms with E-state index in [1.54, 1.807) is 18.2 Å². The summed E-state index contributed by atoms with van der Waals surface area (Å²) in [6.45, 7) is 1.89. The number of aromatic nitrogens is 1. The second-order valence-corrected chi connectivity index (χ2v) is 4.88. The molecular weight excluding hydrogens is 262 g/mol. The highest BCUT2D eigenvalue weighted by molar-refractivity contribution is 6.06. The van der Waals surface area contributed by atoms with Crippen LogP contribution in [0.1, 0.15) is 21.5 Å². The van der Waals surface area contributed by atoms with E-state index in [0.717, 1.165) is 16.5 Å². The van der Waals surface area contributed by atoms with Crippen LogP contribution < -0.4 is 5.32 Å². The number of anilines is 1. The number of hydrogen-bond acceptors (Lipinski definition) is 2. The van der Waals surface area contributed by atoms with E-state index in [0.29, 0.717) is 16.8 Å². The average Bonchev–Trinajstić information content (AvgIpc) is 2.96. The van der Waals surface area contributed by atoms with Gasteiger partial charge < -0.3 is 10.3 Å². The SMILES string of the molecule is Cc1ccc(C#N)cc1NC(=O)c1ccc2[nH]ccc2c1. The molecule has 0 saturated carbocycles. The summed E-state index contributed by atoms with van der Waals surface area (Å²) < 4.78 is 0. The van der Waals surface area contributed by atoms with E-state index in [9.17, 15) is 4.79 Å². The molecule has 3 aromatic rings. The highest BCUT2D eigenvalue weighted by Crippen LogP contribution is 2.19. The first kappa shape index (κ1) is 12.9. The van der Waals surface area contributed by atoms with Gasteiger partial charge >= 0.3 is 0 Å². The monoisotopic (exact) mass is 275 g/mol. The molecule has 1 amide bonds. The molecule has 102 valence electrons. The molecule has 0 saturated heterocycles. The van der Waals surface area contributed by atoms with Crippen LogP contribution in [0.3, 0.4) is 0 Å². The van der Waals surface area contributed by atoms with Crippen molar-refractivity contribution in [3.05, 3.63) is 65.4 Å². The van der Waals surface area contributed by atoms with Crippen molar-refractivity contribution in [2.75, 3.05) is 5.32 Å². The van der Waals surface area contributed by atoms with Crippen LogP contribution in [0.25, 0.3) is 10.9 Å². The summed E-state index contributed by atoms with van der Waals surface area (Å²) in [6.07, 6.45) is 1.84. The fraction of sp³-hybridized carbons (Fsp3) is 0.0588. The molecule has 0 aliphatic heterocycles. The molecule has 4 heteroatoms. The van der Waals surface area contributed by atoms with Crippen LogP contribution >= 0.6 is 0 Å². The number of fused-ring (bicyclic) bond motifs is 1. The Morgan fingerprint density at radius 2 is 2.05 bits per heavy atom. The van der Waals surface area contributed by atoms with Gasteiger partial charge in [-0.2, -0.15) is 5.26 Å². The zero-order valence-corrected chi connectivity index (χ0v) is 11.5. The van der Waals surface area contributed by atoms with Crippen LogP contribution in [-0.4, -0.2) is 10.9 Å². The predicted octanol–water partition coefficient (Wildman–Crippen LogP) is 3.60. The molecule has 0 spiro atoms. The Labute approximate surface area is 122 Å². The summed E-state index contributed by atoms with van der Waals surface area (Å²) in [4.78, 5) is 15.4. The van der Waals surface area contributed by atoms with Crippen LogP contribution in [0.5, 0.6) is 0 Å². The van der Waals surface area contributed by atoms with E-state index in [4.69, 9.17) is 5.26 Å². The molecule has 0 unspecified atom stereocenters. The zero-order valence-electron chi connectivity index (χ0n) is 11.5. The lowest BCUT2D eigenvalue weighted by molar-refractivity contribution is 0.102. The van der Waals surface area contributed by atoms with Gasteiger partial charge in [0.2, 0.25) is 0 Å². The predicted molar refractivity (Wildman–Crippen MR) is 82.1 cm³/mol. The number of hydrogen-bond donors (Lipinski definition) is 2. The number of nitriles is 1. The molecule has 0 bridgehead atoms. The number of aromatic amines is 1. The molecule has 3 rings (SSSR count). The third kappa shape index (κ3) is 2.49. The number of carbonyl (C=O) groups excluding carboxylic acids is 1. The molecule has 2 N–H and O–H groups in total. The first-order chi connectivity index (χ1) is 10.2. The maximum Gasteiger partial charge on any atom is 0.255 e. The summed E-state index contributed by atoms with van der Waals surface area (Å²) in [7, 11) is 0. The molecule has 0 aliphatic rings. The maximum absolute atomic E-state index is 12.3. The van der Waals surface area contributed by atoms with Crippen LogP contribution in [-0.2, 0) is 0 Å². The van der Waals surface area contributed by atoms with Crippen molar-refractivity contribution in [1.82, 2.24) is 4.98 Å². The van der Waals surface area contributed by atoms with E-state index in [-0.39, 0.29) is 5.91 Å². The Morgan fingerprint density at radius 3 is 2.86 bits per heavy atom. The second-order valence-electron chi connectivity index (χ2n) is 4.88. The molecule has 0 radical (unpaired) electrons. The van der Waals surface area contributed by atoms with E-state index >= 15 is 0 Å². The first-order valence-corrected chi connectivity index (χ1v) is 6.56. The topological polar surface area (TPSA) is 68.7 Å². The number of aryl methyl sites for hydroxylation is 1. The van der Waals surface area contributed by atoms with Crippen LogP contribution in [0, 0.1) is 18.3 Å². The van der Waals surface area contributed by atoms with Gasteiger partial charge in [-0.25, -0.2) is 0 Å². The Kier molecular flexibility index (Phi) is 3.17. The second kappa shape index (κ2) is 5.14. The smallest absolute Gasteiger partial charge is 0.255 e. The molecular formula is C17H13N3O. The number of rotatable bonds is 2. The van der Waals surface area contributed by atoms with Gasteiger partial charge in [0.1, 0.15) is 0 Å². The van der Waals surface area contributed by atoms with Gasteiger partial charge in [0.25, 0.3) is 5.91 Å². The Balaban J connectivity index is 1.90. The quantitative estimate of drug-likeness (QED) is 0.750. The highest BCUT2D eigenvalue weighted by atomic mass is 16.1. The Morgan fingerprint density at radius 1 is 1.19 bits per heavy atom. The Hall–Kier alpha value is -3.06. The van der Waals surface area contributed by atoms with Gasteiger partial charge in [0.15, 0.2) is 0 Å². The van der Waals surface area contributed by atoms with Crippen molar-refractivity contribution in [3.63, 3.8) is 0 Å². The standard InChI is InChI=1S/C17H13N3O/c1-11-2-3-12(10-18)8-16(11)20-17(21)14-4-5-15-13(9-14)6-7-19-15/h2-9,19H,1H3,(H,20,21). The van der Waals surface area contributed by atoms with Crippen LogP contribution in [0.15, 0.2) is 48.7 Å². The van der Waals surface area contributed by atoms with E-state index in [2.05, 4.69) is 16.4 Å². The lowest BCUT2D eigenvalue weighted by atomic mass is 10.1. The summed E-state index contributed by atoms with van der Waals surface area (Å²) >= 11 is 0. The summed E-state index contributed by atoms with van der Waals surface area (Å²) in [5.74, 6) is -0.184. The van der Waals surface area contributed by atoms with Crippen molar-refractivity contribution in [1.29, 1.82) is 5.26 Å². The first-order valence-electron chi connectivity index (χ1n) is 6.56. The zero-order chi connectivity index (χ0) is 14.8. The van der Waals surface area contributed by atoms with Gasteiger partial charge in [0.05, 0.1) is 11.6 Å². The Bertz CT molecular complexity index is 871. The normalized spacial score (nSPS) is 10.3. The van der Waals surface area contributed by atoms with Crippen LogP contribution in [0.4, 0.5) is 5.69 Å². The van der Waals surface area contributed by atoms with Crippen molar-refractivity contribution in [3.8, 4) is 6.07 Å². The number of carbonyl (C=O) groups is 1. The molecule has 0 atom stereocenters. The molecule has 0 fully saturated rings. The summed E-state index contributed by atoms with van der Waals surface area (Å²) in [5.41, 5.74) is 3.69. The number of benzene rings is 2. The molecule has 21 heavy (non-hydrogen) atoms. The van der Waals surface area contributed by atoms with Crippen molar-refractivity contribution in [2.45, 2.75) is 6.92 Å². The van der Waals surface area contributed by atoms with Crippen molar-refractivity contribution in [2.24, 2.45) is 0 Å². The molecule has 1 heterocycles. The molecule has 0 aliphatic carbocycles. The largest absolute Gasteiger partial charge is 0.361 e. The maximum atomic E-state index is 12.3. The molecule has 2 aromatic carbocycles. The number of amides is 1. The van der Waals surface area contributed by atoms with E-state index < -0.39 is 0 Å². The number of nitrogens with zero attached hydrogens (tertiary/aromatic N) is 1. The van der Waals surface area contributed by atoms with Gasteiger partial charge in [-0.3, -0.25) is 4.79 Å².